The fourth-order valence-electron chi connectivity index (χ4n) is 1.69. The van der Waals surface area contributed by atoms with Crippen LogP contribution in [0.4, 0.5) is 5.69 Å². The Balaban J connectivity index is 2.40. The van der Waals surface area contributed by atoms with E-state index in [4.69, 9.17) is 11.0 Å². The molecule has 0 bridgehead atoms. The van der Waals surface area contributed by atoms with Crippen LogP contribution >= 0.6 is 0 Å². The van der Waals surface area contributed by atoms with Crippen LogP contribution in [0.5, 0.6) is 0 Å². The Labute approximate surface area is 94.0 Å². The normalized spacial score (nSPS) is 12.0. The van der Waals surface area contributed by atoms with Crippen LogP contribution in [0, 0.1) is 11.3 Å². The van der Waals surface area contributed by atoms with Gasteiger partial charge in [0.15, 0.2) is 0 Å². The highest BCUT2D eigenvalue weighted by Crippen LogP contribution is 2.20. The third-order valence-electron chi connectivity index (χ3n) is 2.58. The molecule has 80 valence electrons. The third-order valence-corrected chi connectivity index (χ3v) is 2.58. The van der Waals surface area contributed by atoms with Crippen molar-refractivity contribution < 1.29 is 0 Å². The first-order valence-electron chi connectivity index (χ1n) is 5.00. The average molecular weight is 212 g/mol. The zero-order valence-electron chi connectivity index (χ0n) is 8.96. The third kappa shape index (κ3) is 1.75. The van der Waals surface area contributed by atoms with Crippen LogP contribution in [0.25, 0.3) is 0 Å². The molecule has 1 aromatic heterocycles. The lowest BCUT2D eigenvalue weighted by molar-refractivity contribution is 0.630. The molecule has 0 spiro atoms. The summed E-state index contributed by atoms with van der Waals surface area (Å²) in [5.74, 6) is 0.412. The van der Waals surface area contributed by atoms with Gasteiger partial charge in [0, 0.05) is 18.1 Å². The Hall–Kier alpha value is -2.28. The number of imidazole rings is 1. The molecule has 4 nitrogen and oxygen atoms in total. The van der Waals surface area contributed by atoms with Gasteiger partial charge in [-0.1, -0.05) is 12.1 Å². The highest BCUT2D eigenvalue weighted by Gasteiger charge is 2.11. The smallest absolute Gasteiger partial charge is 0.213 e. The van der Waals surface area contributed by atoms with Crippen molar-refractivity contribution >= 4 is 5.69 Å². The number of nitrogens with two attached hydrogens (primary N) is 1. The van der Waals surface area contributed by atoms with Gasteiger partial charge in [0.1, 0.15) is 6.07 Å². The lowest BCUT2D eigenvalue weighted by atomic mass is 10.1. The Morgan fingerprint density at radius 3 is 3.00 bits per heavy atom. The van der Waals surface area contributed by atoms with E-state index in [2.05, 4.69) is 11.1 Å². The van der Waals surface area contributed by atoms with E-state index in [1.165, 1.54) is 0 Å². The number of aromatic nitrogens is 2. The van der Waals surface area contributed by atoms with E-state index in [1.807, 2.05) is 35.8 Å². The van der Waals surface area contributed by atoms with Gasteiger partial charge in [-0.05, 0) is 24.6 Å². The molecular formula is C12H12N4. The lowest BCUT2D eigenvalue weighted by Gasteiger charge is -2.14. The zero-order chi connectivity index (χ0) is 11.5. The first kappa shape index (κ1) is 10.2. The van der Waals surface area contributed by atoms with Crippen LogP contribution < -0.4 is 5.73 Å². The van der Waals surface area contributed by atoms with Crippen molar-refractivity contribution in [3.63, 3.8) is 0 Å². The van der Waals surface area contributed by atoms with Gasteiger partial charge in [-0.15, -0.1) is 0 Å². The molecule has 2 aromatic rings. The van der Waals surface area contributed by atoms with Crippen LogP contribution in [0.3, 0.4) is 0 Å². The van der Waals surface area contributed by atoms with Gasteiger partial charge < -0.3 is 10.3 Å². The lowest BCUT2D eigenvalue weighted by Crippen LogP contribution is -2.08. The topological polar surface area (TPSA) is 67.6 Å². The van der Waals surface area contributed by atoms with Crippen LogP contribution in [-0.4, -0.2) is 9.55 Å². The van der Waals surface area contributed by atoms with Crippen molar-refractivity contribution in [3.8, 4) is 6.07 Å². The van der Waals surface area contributed by atoms with Crippen LogP contribution in [0.2, 0.25) is 0 Å². The first-order chi connectivity index (χ1) is 7.72. The molecule has 4 heteroatoms. The SMILES string of the molecule is CC(c1cccc(N)c1)n1ccnc1C#N. The van der Waals surface area contributed by atoms with E-state index in [-0.39, 0.29) is 6.04 Å². The van der Waals surface area contributed by atoms with Gasteiger partial charge in [0.05, 0.1) is 6.04 Å². The number of rotatable bonds is 2. The summed E-state index contributed by atoms with van der Waals surface area (Å²) in [6, 6.07) is 9.76. The maximum atomic E-state index is 8.90. The van der Waals surface area contributed by atoms with E-state index >= 15 is 0 Å². The number of nitrogen functional groups attached to an aromatic ring is 1. The molecule has 0 radical (unpaired) electrons. The molecule has 1 heterocycles. The summed E-state index contributed by atoms with van der Waals surface area (Å²) in [4.78, 5) is 3.97. The summed E-state index contributed by atoms with van der Waals surface area (Å²) in [6.07, 6.45) is 3.42. The van der Waals surface area contributed by atoms with Crippen molar-refractivity contribution in [1.29, 1.82) is 5.26 Å². The summed E-state index contributed by atoms with van der Waals surface area (Å²) in [5, 5.41) is 8.90. The molecule has 1 aromatic carbocycles. The fourth-order valence-corrected chi connectivity index (χ4v) is 1.69. The Bertz CT molecular complexity index is 536. The molecular weight excluding hydrogens is 200 g/mol. The summed E-state index contributed by atoms with van der Waals surface area (Å²) in [6.45, 7) is 2.01. The van der Waals surface area contributed by atoms with Crippen molar-refractivity contribution in [3.05, 3.63) is 48.0 Å². The molecule has 1 atom stereocenters. The second-order valence-electron chi connectivity index (χ2n) is 3.62. The highest BCUT2D eigenvalue weighted by atomic mass is 15.1. The number of anilines is 1. The molecule has 16 heavy (non-hydrogen) atoms. The number of nitriles is 1. The number of hydrogen-bond acceptors (Lipinski definition) is 3. The molecule has 0 aliphatic heterocycles. The van der Waals surface area contributed by atoms with Crippen molar-refractivity contribution in [2.75, 3.05) is 5.73 Å². The molecule has 2 rings (SSSR count). The maximum Gasteiger partial charge on any atom is 0.213 e. The first-order valence-corrected chi connectivity index (χ1v) is 5.00. The number of hydrogen-bond donors (Lipinski definition) is 1. The monoisotopic (exact) mass is 212 g/mol. The molecule has 2 N–H and O–H groups in total. The van der Waals surface area contributed by atoms with Gasteiger partial charge in [0.2, 0.25) is 5.82 Å². The van der Waals surface area contributed by atoms with Crippen LogP contribution in [0.15, 0.2) is 36.7 Å². The summed E-state index contributed by atoms with van der Waals surface area (Å²) in [7, 11) is 0. The average Bonchev–Trinajstić information content (AvgIpc) is 2.76. The summed E-state index contributed by atoms with van der Waals surface area (Å²) < 4.78 is 1.83. The number of nitrogens with zero attached hydrogens (tertiary/aromatic N) is 3. The molecule has 0 fully saturated rings. The second kappa shape index (κ2) is 4.07. The fraction of sp³-hybridized carbons (Fsp3) is 0.167. The van der Waals surface area contributed by atoms with Gasteiger partial charge in [-0.25, -0.2) is 4.98 Å². The van der Waals surface area contributed by atoms with Crippen molar-refractivity contribution in [1.82, 2.24) is 9.55 Å². The Morgan fingerprint density at radius 1 is 1.50 bits per heavy atom. The standard InChI is InChI=1S/C12H12N4/c1-9(10-3-2-4-11(14)7-10)16-6-5-15-12(16)8-13/h2-7,9H,14H2,1H3. The summed E-state index contributed by atoms with van der Waals surface area (Å²) in [5.41, 5.74) is 7.52. The minimum Gasteiger partial charge on any atom is -0.399 e. The molecule has 0 aliphatic carbocycles. The molecule has 1 unspecified atom stereocenters. The van der Waals surface area contributed by atoms with E-state index in [9.17, 15) is 0 Å². The Kier molecular flexibility index (Phi) is 2.61. The predicted octanol–water partition coefficient (Wildman–Crippen LogP) is 1.95. The van der Waals surface area contributed by atoms with E-state index in [0.29, 0.717) is 5.82 Å². The molecule has 0 aliphatic rings. The zero-order valence-corrected chi connectivity index (χ0v) is 8.96. The molecule has 0 amide bonds. The Morgan fingerprint density at radius 2 is 2.31 bits per heavy atom. The molecule has 0 saturated heterocycles. The van der Waals surface area contributed by atoms with Gasteiger partial charge in [0.25, 0.3) is 0 Å². The van der Waals surface area contributed by atoms with Gasteiger partial charge in [-0.3, -0.25) is 0 Å². The molecule has 0 saturated carbocycles. The second-order valence-corrected chi connectivity index (χ2v) is 3.62. The summed E-state index contributed by atoms with van der Waals surface area (Å²) >= 11 is 0. The van der Waals surface area contributed by atoms with E-state index < -0.39 is 0 Å². The van der Waals surface area contributed by atoms with E-state index in [1.54, 1.807) is 12.4 Å². The minimum atomic E-state index is 0.0562. The highest BCUT2D eigenvalue weighted by molar-refractivity contribution is 5.42. The van der Waals surface area contributed by atoms with Gasteiger partial charge >= 0.3 is 0 Å². The number of benzene rings is 1. The van der Waals surface area contributed by atoms with Crippen molar-refractivity contribution in [2.45, 2.75) is 13.0 Å². The van der Waals surface area contributed by atoms with E-state index in [0.717, 1.165) is 11.3 Å². The minimum absolute atomic E-state index is 0.0562. The van der Waals surface area contributed by atoms with Crippen molar-refractivity contribution in [2.24, 2.45) is 0 Å². The van der Waals surface area contributed by atoms with Crippen LogP contribution in [-0.2, 0) is 0 Å². The largest absolute Gasteiger partial charge is 0.399 e. The van der Waals surface area contributed by atoms with Crippen LogP contribution in [0.1, 0.15) is 24.4 Å². The predicted molar refractivity (Wildman–Crippen MR) is 61.6 cm³/mol. The maximum absolute atomic E-state index is 8.90. The van der Waals surface area contributed by atoms with Gasteiger partial charge in [-0.2, -0.15) is 5.26 Å². The quantitative estimate of drug-likeness (QED) is 0.773.